The molecule has 6 atom stereocenters. The molecule has 0 aromatic carbocycles. The fourth-order valence-corrected chi connectivity index (χ4v) is 3.49. The molecule has 0 aliphatic heterocycles. The van der Waals surface area contributed by atoms with Crippen LogP contribution in [0.15, 0.2) is 24.3 Å². The van der Waals surface area contributed by atoms with Gasteiger partial charge in [0.2, 0.25) is 0 Å². The van der Waals surface area contributed by atoms with Gasteiger partial charge in [-0.25, -0.2) is 0 Å². The van der Waals surface area contributed by atoms with Gasteiger partial charge in [-0.2, -0.15) is 0 Å². The molecule has 0 spiro atoms. The molecule has 3 N–H and O–H groups in total. The van der Waals surface area contributed by atoms with Crippen LogP contribution in [0.3, 0.4) is 0 Å². The van der Waals surface area contributed by atoms with E-state index in [9.17, 15) is 19.8 Å². The van der Waals surface area contributed by atoms with Crippen molar-refractivity contribution < 1.29 is 24.9 Å². The lowest BCUT2D eigenvalue weighted by Crippen LogP contribution is -2.20. The van der Waals surface area contributed by atoms with Gasteiger partial charge >= 0.3 is 5.97 Å². The third-order valence-electron chi connectivity index (χ3n) is 5.60. The van der Waals surface area contributed by atoms with E-state index in [1.54, 1.807) is 13.0 Å². The Balaban J connectivity index is 2.57. The van der Waals surface area contributed by atoms with E-state index in [2.05, 4.69) is 6.92 Å². The molecule has 1 aliphatic rings. The number of hydrogen-bond acceptors (Lipinski definition) is 4. The van der Waals surface area contributed by atoms with Gasteiger partial charge in [0, 0.05) is 18.3 Å². The van der Waals surface area contributed by atoms with Crippen LogP contribution in [0.4, 0.5) is 0 Å². The Kier molecular flexibility index (Phi) is 10.6. The van der Waals surface area contributed by atoms with Crippen LogP contribution in [0.25, 0.3) is 0 Å². The molecule has 0 aromatic rings. The molecular weight excluding hydrogens is 344 g/mol. The summed E-state index contributed by atoms with van der Waals surface area (Å²) in [6.45, 7) is 5.82. The summed E-state index contributed by atoms with van der Waals surface area (Å²) in [5.41, 5.74) is 0. The fourth-order valence-electron chi connectivity index (χ4n) is 3.49. The Morgan fingerprint density at radius 3 is 2.59 bits per heavy atom. The van der Waals surface area contributed by atoms with E-state index in [4.69, 9.17) is 5.11 Å². The number of ketones is 1. The topological polar surface area (TPSA) is 94.8 Å². The van der Waals surface area contributed by atoms with Gasteiger partial charge in [-0.1, -0.05) is 57.9 Å². The molecule has 5 heteroatoms. The summed E-state index contributed by atoms with van der Waals surface area (Å²) in [7, 11) is 0. The molecule has 0 amide bonds. The first-order chi connectivity index (χ1) is 12.8. The summed E-state index contributed by atoms with van der Waals surface area (Å²) < 4.78 is 0. The molecule has 2 unspecified atom stereocenters. The number of carbonyl (C=O) groups excluding carboxylic acids is 1. The van der Waals surface area contributed by atoms with Gasteiger partial charge in [0.25, 0.3) is 0 Å². The second-order valence-corrected chi connectivity index (χ2v) is 7.94. The van der Waals surface area contributed by atoms with Crippen molar-refractivity contribution in [3.05, 3.63) is 24.3 Å². The van der Waals surface area contributed by atoms with E-state index < -0.39 is 18.2 Å². The van der Waals surface area contributed by atoms with E-state index in [-0.39, 0.29) is 35.9 Å². The first-order valence-corrected chi connectivity index (χ1v) is 10.2. The van der Waals surface area contributed by atoms with Gasteiger partial charge in [-0.3, -0.25) is 9.59 Å². The average Bonchev–Trinajstić information content (AvgIpc) is 2.89. The van der Waals surface area contributed by atoms with Crippen LogP contribution in [0.2, 0.25) is 0 Å². The lowest BCUT2D eigenvalue weighted by Gasteiger charge is -2.19. The molecule has 5 nitrogen and oxygen atoms in total. The molecule has 0 saturated heterocycles. The average molecular weight is 381 g/mol. The molecule has 1 aliphatic carbocycles. The van der Waals surface area contributed by atoms with Gasteiger partial charge in [-0.15, -0.1) is 0 Å². The molecule has 1 fully saturated rings. The number of carboxylic acids is 1. The third-order valence-corrected chi connectivity index (χ3v) is 5.60. The third kappa shape index (κ3) is 7.97. The number of allylic oxidation sites excluding steroid dienone is 2. The van der Waals surface area contributed by atoms with Crippen LogP contribution >= 0.6 is 0 Å². The highest BCUT2D eigenvalue weighted by Crippen LogP contribution is 2.33. The smallest absolute Gasteiger partial charge is 0.306 e. The van der Waals surface area contributed by atoms with Gasteiger partial charge in [-0.05, 0) is 31.6 Å². The van der Waals surface area contributed by atoms with Crippen molar-refractivity contribution in [3.8, 4) is 0 Å². The maximum absolute atomic E-state index is 12.2. The molecule has 1 rings (SSSR count). The highest BCUT2D eigenvalue weighted by atomic mass is 16.4. The minimum absolute atomic E-state index is 0.0502. The summed E-state index contributed by atoms with van der Waals surface area (Å²) in [5.74, 6) is -1.51. The van der Waals surface area contributed by atoms with Crippen molar-refractivity contribution in [1.82, 2.24) is 0 Å². The van der Waals surface area contributed by atoms with Gasteiger partial charge < -0.3 is 15.3 Å². The number of hydrogen-bond donors (Lipinski definition) is 3. The number of aliphatic carboxylic acids is 1. The first-order valence-electron chi connectivity index (χ1n) is 10.2. The Hall–Kier alpha value is -1.46. The van der Waals surface area contributed by atoms with Gasteiger partial charge in [0.15, 0.2) is 0 Å². The molecule has 27 heavy (non-hydrogen) atoms. The molecular formula is C22H36O5. The number of unbranched alkanes of at least 4 members (excludes halogenated alkanes) is 1. The van der Waals surface area contributed by atoms with Crippen LogP contribution < -0.4 is 0 Å². The number of rotatable bonds is 12. The monoisotopic (exact) mass is 380 g/mol. The van der Waals surface area contributed by atoms with Crippen molar-refractivity contribution in [2.24, 2.45) is 23.7 Å². The SMILES string of the molecule is CCCCC(C)[C@@H](O)/C=C/[C@H]1[C@H](O)CC(=O)[C@@H]1C/C=C\CCC(C)C(=O)O. The quantitative estimate of drug-likeness (QED) is 0.448. The number of aliphatic hydroxyl groups excluding tert-OH is 2. The minimum Gasteiger partial charge on any atom is -0.481 e. The van der Waals surface area contributed by atoms with Crippen LogP contribution in [0.5, 0.6) is 0 Å². The summed E-state index contributed by atoms with van der Waals surface area (Å²) >= 11 is 0. The van der Waals surface area contributed by atoms with Crippen LogP contribution in [-0.2, 0) is 9.59 Å². The molecule has 0 bridgehead atoms. The molecule has 0 aromatic heterocycles. The van der Waals surface area contributed by atoms with Gasteiger partial charge in [0.05, 0.1) is 18.1 Å². The fraction of sp³-hybridized carbons (Fsp3) is 0.727. The van der Waals surface area contributed by atoms with Crippen molar-refractivity contribution >= 4 is 11.8 Å². The Morgan fingerprint density at radius 1 is 1.26 bits per heavy atom. The Morgan fingerprint density at radius 2 is 1.96 bits per heavy atom. The number of carbonyl (C=O) groups is 2. The normalized spacial score (nSPS) is 26.7. The van der Waals surface area contributed by atoms with E-state index >= 15 is 0 Å². The van der Waals surface area contributed by atoms with E-state index in [1.807, 2.05) is 25.2 Å². The summed E-state index contributed by atoms with van der Waals surface area (Å²) in [6, 6.07) is 0. The van der Waals surface area contributed by atoms with Crippen LogP contribution in [0.1, 0.15) is 65.7 Å². The largest absolute Gasteiger partial charge is 0.481 e. The predicted octanol–water partition coefficient (Wildman–Crippen LogP) is 3.74. The number of aliphatic hydroxyl groups is 2. The van der Waals surface area contributed by atoms with Crippen LogP contribution in [-0.4, -0.2) is 39.3 Å². The minimum atomic E-state index is -0.797. The standard InChI is InChI=1S/C22H36O5/c1-4-5-9-15(2)19(23)13-12-18-17(20(24)14-21(18)25)11-8-6-7-10-16(3)22(26)27/h6,8,12-13,15-19,21,23,25H,4-5,7,9-11,14H2,1-3H3,(H,26,27)/b8-6-,13-12+/t15?,16?,17-,18-,19+,21-/m1/s1. The zero-order valence-corrected chi connectivity index (χ0v) is 16.9. The highest BCUT2D eigenvalue weighted by Gasteiger charge is 2.39. The maximum Gasteiger partial charge on any atom is 0.306 e. The summed E-state index contributed by atoms with van der Waals surface area (Å²) in [6.07, 6.45) is 11.2. The van der Waals surface area contributed by atoms with Crippen LogP contribution in [0, 0.1) is 23.7 Å². The second kappa shape index (κ2) is 12.1. The van der Waals surface area contributed by atoms with Gasteiger partial charge in [0.1, 0.15) is 5.78 Å². The van der Waals surface area contributed by atoms with E-state index in [0.29, 0.717) is 19.3 Å². The first kappa shape index (κ1) is 23.6. The predicted molar refractivity (Wildman–Crippen MR) is 106 cm³/mol. The van der Waals surface area contributed by atoms with E-state index in [0.717, 1.165) is 19.3 Å². The summed E-state index contributed by atoms with van der Waals surface area (Å²) in [4.78, 5) is 23.0. The molecule has 154 valence electrons. The zero-order valence-electron chi connectivity index (χ0n) is 16.9. The zero-order chi connectivity index (χ0) is 20.4. The molecule has 0 radical (unpaired) electrons. The maximum atomic E-state index is 12.2. The molecule has 1 saturated carbocycles. The Bertz CT molecular complexity index is 525. The van der Waals surface area contributed by atoms with Crippen molar-refractivity contribution in [2.45, 2.75) is 77.9 Å². The lowest BCUT2D eigenvalue weighted by molar-refractivity contribution is -0.141. The second-order valence-electron chi connectivity index (χ2n) is 7.94. The number of Topliss-reactive ketones (excluding diaryl/α,β-unsaturated/α-hetero) is 1. The highest BCUT2D eigenvalue weighted by molar-refractivity contribution is 5.84. The van der Waals surface area contributed by atoms with Crippen molar-refractivity contribution in [1.29, 1.82) is 0 Å². The molecule has 0 heterocycles. The Labute approximate surface area is 163 Å². The summed E-state index contributed by atoms with van der Waals surface area (Å²) in [5, 5.41) is 29.4. The van der Waals surface area contributed by atoms with Crippen molar-refractivity contribution in [2.75, 3.05) is 0 Å². The van der Waals surface area contributed by atoms with E-state index in [1.165, 1.54) is 0 Å². The lowest BCUT2D eigenvalue weighted by atomic mass is 9.89. The van der Waals surface area contributed by atoms with Crippen molar-refractivity contribution in [3.63, 3.8) is 0 Å². The number of carboxylic acid groups (broad SMARTS) is 1.